The van der Waals surface area contributed by atoms with Gasteiger partial charge in [-0.3, -0.25) is 61.6 Å². The van der Waals surface area contributed by atoms with Crippen LogP contribution in [-0.2, 0) is 62.2 Å². The van der Waals surface area contributed by atoms with E-state index in [4.69, 9.17) is 146 Å². The highest BCUT2D eigenvalue weighted by molar-refractivity contribution is 5.83. The molecule has 25 N–H and O–H groups in total. The fourth-order valence-corrected chi connectivity index (χ4v) is 6.64. The van der Waals surface area contributed by atoms with Crippen LogP contribution in [0.15, 0.2) is 31.6 Å². The third-order valence-electron chi connectivity index (χ3n) is 9.75. The molecule has 6 aromatic rings. The molecule has 50 heteroatoms. The van der Waals surface area contributed by atoms with E-state index in [9.17, 15) is 40.8 Å². The first-order chi connectivity index (χ1) is 46.0. The fraction of sp³-hybridized carbons (Fsp3) is 0.500. The van der Waals surface area contributed by atoms with Gasteiger partial charge in [-0.1, -0.05) is 0 Å². The van der Waals surface area contributed by atoms with E-state index in [0.29, 0.717) is 22.3 Å². The number of aromatic nitrogens is 12. The van der Waals surface area contributed by atoms with Crippen LogP contribution in [0.2, 0.25) is 0 Å². The third kappa shape index (κ3) is 37.8. The van der Waals surface area contributed by atoms with Crippen LogP contribution in [-0.4, -0.2) is 295 Å². The first-order valence-electron chi connectivity index (χ1n) is 26.9. The molecule has 3 aliphatic heterocycles. The number of carboxylic acid groups (broad SMARTS) is 10. The van der Waals surface area contributed by atoms with E-state index in [-0.39, 0.29) is 28.6 Å². The second-order valence-corrected chi connectivity index (χ2v) is 18.5. The molecule has 12 atom stereocenters. The number of carboxylic acids is 10. The Morgan fingerprint density at radius 3 is 0.790 bits per heavy atom. The Morgan fingerprint density at radius 1 is 0.380 bits per heavy atom. The Balaban J connectivity index is -0.000000547. The maximum absolute atomic E-state index is 10.8. The van der Waals surface area contributed by atoms with Gasteiger partial charge in [0.25, 0.3) is 59.7 Å². The molecule has 0 radical (unpaired) electrons. The van der Waals surface area contributed by atoms with Crippen molar-refractivity contribution in [3.05, 3.63) is 41.8 Å². The average molecular weight is 1450 g/mol. The Labute approximate surface area is 559 Å². The van der Waals surface area contributed by atoms with Crippen LogP contribution in [0.5, 0.6) is 0 Å². The number of fused-ring (bicyclic) bond motifs is 3. The van der Waals surface area contributed by atoms with E-state index < -0.39 is 164 Å². The summed E-state index contributed by atoms with van der Waals surface area (Å²) in [4.78, 5) is 135. The van der Waals surface area contributed by atoms with Gasteiger partial charge in [0.05, 0.1) is 32.5 Å². The predicted molar refractivity (Wildman–Crippen MR) is 328 cm³/mol. The number of imidazole rings is 3. The normalized spacial score (nSPS) is 20.6. The number of ether oxygens (including phenoxy) is 3. The lowest BCUT2D eigenvalue weighted by Gasteiger charge is -2.16. The molecule has 50 nitrogen and oxygen atoms in total. The van der Waals surface area contributed by atoms with E-state index in [1.54, 1.807) is 0 Å². The molecule has 0 amide bonds. The first-order valence-corrected chi connectivity index (χ1v) is 26.9. The monoisotopic (exact) mass is 1450 g/mol. The number of nitrogen functional groups attached to an aromatic ring is 3. The first kappa shape index (κ1) is 95.1. The van der Waals surface area contributed by atoms with Crippen molar-refractivity contribution in [2.75, 3.05) is 37.0 Å². The van der Waals surface area contributed by atoms with E-state index >= 15 is 0 Å². The Hall–Kier alpha value is -11.3. The zero-order chi connectivity index (χ0) is 78.9. The van der Waals surface area contributed by atoms with Gasteiger partial charge in [-0.2, -0.15) is 0 Å². The van der Waals surface area contributed by atoms with Crippen LogP contribution in [0.25, 0.3) is 33.5 Å². The topological polar surface area (TPSA) is 835 Å². The SMILES string of the molecule is CC(=O)O.CC(=O)O.CC(=O)O.CC(=O)O.CC(=O)O.CC(=O)O.CC(=O)O.CC(=O)O.CC(=O)O.CC(=O)O.Nc1nc([N+](=O)[O-])nc2c1ncn2[C@@H]1O[C@H](CO)[C@@H](O)[C@H]1O.Nc1ncnc2c1ncn2[C@@H]1O[C@H](CO)[C@@H](O)[C@H]1O.Nc1ncnc2c1ncn2[C@@H]1O[C@H](CO)[C@@H](O)[C@H]1O. The van der Waals surface area contributed by atoms with Crippen molar-refractivity contribution < 1.29 is 164 Å². The molecule has 0 aliphatic carbocycles. The molecular formula is C50H78N16O34. The number of rotatable bonds is 7. The summed E-state index contributed by atoms with van der Waals surface area (Å²) in [5.41, 5.74) is 18.6. The van der Waals surface area contributed by atoms with E-state index in [1.807, 2.05) is 0 Å². The predicted octanol–water partition coefficient (Wildman–Crippen LogP) is -5.12. The summed E-state index contributed by atoms with van der Waals surface area (Å²) in [5.74, 6) is -8.81. The molecule has 562 valence electrons. The second kappa shape index (κ2) is 48.4. The van der Waals surface area contributed by atoms with Crippen LogP contribution in [0.4, 0.5) is 23.4 Å². The van der Waals surface area contributed by atoms with Crippen LogP contribution in [0.3, 0.4) is 0 Å². The zero-order valence-electron chi connectivity index (χ0n) is 54.1. The number of hydrogen-bond acceptors (Lipinski definition) is 36. The maximum atomic E-state index is 10.8. The number of nitro groups is 1. The fourth-order valence-electron chi connectivity index (χ4n) is 6.64. The summed E-state index contributed by atoms with van der Waals surface area (Å²) in [5, 5.41) is 171. The lowest BCUT2D eigenvalue weighted by atomic mass is 10.1. The molecule has 3 fully saturated rings. The zero-order valence-corrected chi connectivity index (χ0v) is 54.1. The van der Waals surface area contributed by atoms with Crippen LogP contribution in [0.1, 0.15) is 87.9 Å². The van der Waals surface area contributed by atoms with Crippen molar-refractivity contribution in [1.82, 2.24) is 58.6 Å². The molecule has 6 aromatic heterocycles. The Kier molecular flexibility index (Phi) is 46.0. The lowest BCUT2D eigenvalue weighted by Crippen LogP contribution is -2.33. The highest BCUT2D eigenvalue weighted by Gasteiger charge is 2.46. The second-order valence-electron chi connectivity index (χ2n) is 18.5. The standard InChI is InChI=1S/C10H12N6O6.2C10H13N5O4.10C2H4O2/c11-7-4-8(14-10(13-7)16(20)21)15(2-12-4)9-6(19)5(18)3(1-17)22-9;2*11-8-5-9(13-2-12-8)15(3-14-5)10-7(18)6(17)4(1-16)19-10;10*1-2(3)4/h2-3,5-6,9,17-19H,1H2,(H2,11,13,14);2*2-4,6-7,10,16-18H,1H2,(H2,11,12,13);10*1H3,(H,3,4)/t3-,5-,6-,9-;2*4-,6-,7-,10-;;;;;;;;;;/m111........../s1. The number of aliphatic hydroxyl groups excluding tert-OH is 9. The van der Waals surface area contributed by atoms with Crippen molar-refractivity contribution in [2.45, 2.75) is 143 Å². The number of nitrogens with two attached hydrogens (primary N) is 3. The van der Waals surface area contributed by atoms with Crippen molar-refractivity contribution in [2.24, 2.45) is 0 Å². The van der Waals surface area contributed by atoms with E-state index in [2.05, 4.69) is 44.9 Å². The van der Waals surface area contributed by atoms with Gasteiger partial charge in [-0.25, -0.2) is 34.9 Å². The molecule has 0 saturated carbocycles. The molecule has 0 spiro atoms. The summed E-state index contributed by atoms with van der Waals surface area (Å²) in [7, 11) is 0. The minimum absolute atomic E-state index is 0.0194. The van der Waals surface area contributed by atoms with Crippen molar-refractivity contribution in [3.8, 4) is 0 Å². The smallest absolute Gasteiger partial charge is 0.473 e. The molecule has 3 saturated heterocycles. The summed E-state index contributed by atoms with van der Waals surface area (Å²) in [6, 6.07) is 0. The van der Waals surface area contributed by atoms with Crippen molar-refractivity contribution in [3.63, 3.8) is 0 Å². The summed E-state index contributed by atoms with van der Waals surface area (Å²) >= 11 is 0. The van der Waals surface area contributed by atoms with Crippen LogP contribution >= 0.6 is 0 Å². The van der Waals surface area contributed by atoms with Crippen molar-refractivity contribution >= 4 is 117 Å². The number of carbonyl (C=O) groups is 10. The molecule has 9 heterocycles. The molecule has 0 unspecified atom stereocenters. The number of aliphatic carboxylic acids is 10. The minimum Gasteiger partial charge on any atom is -0.481 e. The van der Waals surface area contributed by atoms with E-state index in [1.165, 1.54) is 45.3 Å². The number of hydrogen-bond donors (Lipinski definition) is 22. The molecule has 0 bridgehead atoms. The molecule has 9 rings (SSSR count). The number of nitrogens with zero attached hydrogens (tertiary/aromatic N) is 13. The maximum Gasteiger partial charge on any atom is 0.473 e. The van der Waals surface area contributed by atoms with Crippen molar-refractivity contribution in [1.29, 1.82) is 0 Å². The average Bonchev–Trinajstić information content (AvgIpc) is 1.64. The highest BCUT2D eigenvalue weighted by atomic mass is 16.6. The third-order valence-corrected chi connectivity index (χ3v) is 9.75. The Morgan fingerprint density at radius 2 is 0.590 bits per heavy atom. The van der Waals surface area contributed by atoms with Gasteiger partial charge in [-0.05, 0) is 14.9 Å². The quantitative estimate of drug-likeness (QED) is 0.0525. The molecule has 3 aliphatic rings. The number of anilines is 3. The van der Waals surface area contributed by atoms with Gasteiger partial charge in [0.1, 0.15) is 85.0 Å². The summed E-state index contributed by atoms with van der Waals surface area (Å²) in [6.07, 6.45) is -6.44. The number of aliphatic hydroxyl groups is 9. The van der Waals surface area contributed by atoms with Gasteiger partial charge >= 0.3 is 5.95 Å². The van der Waals surface area contributed by atoms with Crippen LogP contribution in [0, 0.1) is 10.1 Å². The minimum atomic E-state index is -1.37. The summed E-state index contributed by atoms with van der Waals surface area (Å²) in [6.45, 7) is 9.55. The Bertz CT molecular complexity index is 3230. The van der Waals surface area contributed by atoms with Gasteiger partial charge in [-0.15, -0.1) is 0 Å². The van der Waals surface area contributed by atoms with Gasteiger partial charge < -0.3 is 139 Å². The van der Waals surface area contributed by atoms with Gasteiger partial charge in [0.2, 0.25) is 11.5 Å². The lowest BCUT2D eigenvalue weighted by molar-refractivity contribution is -0.394. The largest absolute Gasteiger partial charge is 0.481 e. The molecule has 0 aromatic carbocycles. The molecular weight excluding hydrogens is 1370 g/mol. The van der Waals surface area contributed by atoms with E-state index in [0.717, 1.165) is 69.2 Å². The molecule has 100 heavy (non-hydrogen) atoms. The highest BCUT2D eigenvalue weighted by Crippen LogP contribution is 2.34. The van der Waals surface area contributed by atoms with Gasteiger partial charge in [0.15, 0.2) is 47.1 Å². The van der Waals surface area contributed by atoms with Gasteiger partial charge in [0, 0.05) is 69.2 Å². The summed E-state index contributed by atoms with van der Waals surface area (Å²) < 4.78 is 20.2. The van der Waals surface area contributed by atoms with Crippen LogP contribution < -0.4 is 17.2 Å².